The Morgan fingerprint density at radius 3 is 2.00 bits per heavy atom. The quantitative estimate of drug-likeness (QED) is 0.181. The van der Waals surface area contributed by atoms with Crippen LogP contribution in [0.1, 0.15) is 33.3 Å². The van der Waals surface area contributed by atoms with E-state index in [0.717, 1.165) is 16.7 Å². The lowest BCUT2D eigenvalue weighted by atomic mass is 9.79. The van der Waals surface area contributed by atoms with Gasteiger partial charge in [-0.2, -0.15) is 4.98 Å². The topological polar surface area (TPSA) is 130 Å². The highest BCUT2D eigenvalue weighted by atomic mass is 16.6. The van der Waals surface area contributed by atoms with Crippen molar-refractivity contribution >= 4 is 11.7 Å². The summed E-state index contributed by atoms with van der Waals surface area (Å²) < 4.78 is 31.5. The fourth-order valence-corrected chi connectivity index (χ4v) is 5.84. The zero-order chi connectivity index (χ0) is 34.3. The predicted octanol–water partition coefficient (Wildman–Crippen LogP) is 4.80. The second-order valence-corrected chi connectivity index (χ2v) is 11.5. The highest BCUT2D eigenvalue weighted by Crippen LogP contribution is 2.43. The fourth-order valence-electron chi connectivity index (χ4n) is 5.84. The maximum absolute atomic E-state index is 13.2. The van der Waals surface area contributed by atoms with E-state index in [-0.39, 0.29) is 25.6 Å². The summed E-state index contributed by atoms with van der Waals surface area (Å²) in [5.41, 5.74) is -0.318. The first-order valence-corrected chi connectivity index (χ1v) is 15.7. The highest BCUT2D eigenvalue weighted by molar-refractivity contribution is 6.03. The number of carbonyl (C=O) groups excluding carboxylic acids is 1. The van der Waals surface area contributed by atoms with Crippen LogP contribution in [-0.4, -0.2) is 66.8 Å². The van der Waals surface area contributed by atoms with E-state index in [9.17, 15) is 14.7 Å². The minimum Gasteiger partial charge on any atom is -0.497 e. The normalized spacial score (nSPS) is 17.7. The number of hydrogen-bond acceptors (Lipinski definition) is 9. The summed E-state index contributed by atoms with van der Waals surface area (Å²) in [6, 6.07) is 35.1. The molecule has 2 atom stereocenters. The second kappa shape index (κ2) is 14.8. The number of anilines is 1. The molecular formula is C38H37N3O8. The third-order valence-corrected chi connectivity index (χ3v) is 8.44. The third kappa shape index (κ3) is 7.10. The summed E-state index contributed by atoms with van der Waals surface area (Å²) in [5.74, 6) is 1.07. The van der Waals surface area contributed by atoms with Gasteiger partial charge in [-0.25, -0.2) is 4.79 Å². The first-order valence-electron chi connectivity index (χ1n) is 15.7. The lowest BCUT2D eigenvalue weighted by molar-refractivity contribution is -0.261. The average molecular weight is 664 g/mol. The smallest absolute Gasteiger partial charge is 0.351 e. The molecule has 5 aromatic rings. The lowest BCUT2D eigenvalue weighted by Gasteiger charge is -2.43. The summed E-state index contributed by atoms with van der Waals surface area (Å²) in [5, 5.41) is 13.4. The zero-order valence-electron chi connectivity index (χ0n) is 27.2. The number of aromatic nitrogens is 2. The van der Waals surface area contributed by atoms with E-state index in [1.807, 2.05) is 78.9 Å². The Morgan fingerprint density at radius 1 is 0.878 bits per heavy atom. The van der Waals surface area contributed by atoms with E-state index in [4.69, 9.17) is 23.7 Å². The van der Waals surface area contributed by atoms with Gasteiger partial charge >= 0.3 is 5.69 Å². The molecule has 0 unspecified atom stereocenters. The number of methoxy groups -OCH3 is 2. The largest absolute Gasteiger partial charge is 0.497 e. The zero-order valence-corrected chi connectivity index (χ0v) is 27.2. The van der Waals surface area contributed by atoms with Crippen molar-refractivity contribution in [2.24, 2.45) is 0 Å². The van der Waals surface area contributed by atoms with Crippen molar-refractivity contribution in [3.8, 4) is 11.5 Å². The van der Waals surface area contributed by atoms with E-state index in [0.29, 0.717) is 17.1 Å². The molecule has 2 N–H and O–H groups in total. The van der Waals surface area contributed by atoms with Crippen molar-refractivity contribution in [3.63, 3.8) is 0 Å². The SMILES string of the molecule is COc1ccc(C(OC[C@]2(CO)COC[C@H](n3ccc(NC(=O)c4ccccc4)nc3=O)O2)(c2ccccc2)c2ccc(OC)cc2)cc1. The summed E-state index contributed by atoms with van der Waals surface area (Å²) in [6.45, 7) is -0.559. The number of aliphatic hydroxyl groups excluding tert-OH is 1. The van der Waals surface area contributed by atoms with E-state index >= 15 is 0 Å². The van der Waals surface area contributed by atoms with Crippen LogP contribution in [0.3, 0.4) is 0 Å². The van der Waals surface area contributed by atoms with Crippen LogP contribution in [0.25, 0.3) is 0 Å². The molecule has 1 aliphatic rings. The molecule has 1 saturated heterocycles. The number of hydrogen-bond donors (Lipinski definition) is 2. The molecule has 1 aromatic heterocycles. The Bertz CT molecular complexity index is 1850. The van der Waals surface area contributed by atoms with Gasteiger partial charge < -0.3 is 34.1 Å². The maximum Gasteiger partial charge on any atom is 0.351 e. The van der Waals surface area contributed by atoms with Gasteiger partial charge in [-0.15, -0.1) is 0 Å². The van der Waals surface area contributed by atoms with Gasteiger partial charge in [0.1, 0.15) is 28.5 Å². The maximum atomic E-state index is 13.2. The van der Waals surface area contributed by atoms with E-state index in [1.54, 1.807) is 44.6 Å². The van der Waals surface area contributed by atoms with Crippen LogP contribution in [0.4, 0.5) is 5.82 Å². The number of aliphatic hydroxyl groups is 1. The summed E-state index contributed by atoms with van der Waals surface area (Å²) in [4.78, 5) is 29.8. The Hall–Kier alpha value is -5.33. The Morgan fingerprint density at radius 2 is 1.45 bits per heavy atom. The van der Waals surface area contributed by atoms with Crippen LogP contribution >= 0.6 is 0 Å². The van der Waals surface area contributed by atoms with E-state index in [1.165, 1.54) is 16.8 Å². The van der Waals surface area contributed by atoms with Gasteiger partial charge in [-0.1, -0.05) is 72.8 Å². The molecule has 11 nitrogen and oxygen atoms in total. The van der Waals surface area contributed by atoms with Crippen LogP contribution in [0.5, 0.6) is 11.5 Å². The minimum absolute atomic E-state index is 0.00346. The van der Waals surface area contributed by atoms with Crippen molar-refractivity contribution in [1.29, 1.82) is 0 Å². The molecule has 11 heteroatoms. The van der Waals surface area contributed by atoms with E-state index in [2.05, 4.69) is 10.3 Å². The molecule has 1 fully saturated rings. The van der Waals surface area contributed by atoms with Gasteiger partial charge in [0.25, 0.3) is 5.91 Å². The number of benzene rings is 4. The molecule has 252 valence electrons. The molecule has 6 rings (SSSR count). The van der Waals surface area contributed by atoms with Gasteiger partial charge in [0.05, 0.1) is 40.6 Å². The van der Waals surface area contributed by atoms with Gasteiger partial charge in [0.2, 0.25) is 0 Å². The molecule has 0 saturated carbocycles. The van der Waals surface area contributed by atoms with Crippen molar-refractivity contribution in [2.75, 3.05) is 46.0 Å². The Balaban J connectivity index is 1.31. The number of nitrogens with zero attached hydrogens (tertiary/aromatic N) is 2. The summed E-state index contributed by atoms with van der Waals surface area (Å²) >= 11 is 0. The summed E-state index contributed by atoms with van der Waals surface area (Å²) in [6.07, 6.45) is 0.540. The highest BCUT2D eigenvalue weighted by Gasteiger charge is 2.45. The standard InChI is InChI=1S/C38H37N3O8/c1-45-31-17-13-29(14-18-31)38(28-11-7-4-8-12-28,30-15-19-32(46-2)20-16-30)48-26-37(24-42)25-47-23-34(49-37)41-22-21-33(40-36(41)44)39-35(43)27-9-5-3-6-10-27/h3-22,34,42H,23-26H2,1-2H3,(H,39,40,43,44)/t34-,37+/m1/s1. The molecule has 4 aromatic carbocycles. The third-order valence-electron chi connectivity index (χ3n) is 8.44. The molecule has 0 bridgehead atoms. The van der Waals surface area contributed by atoms with Crippen molar-refractivity contribution < 1.29 is 33.6 Å². The molecule has 0 radical (unpaired) electrons. The Kier molecular flexibility index (Phi) is 10.2. The van der Waals surface area contributed by atoms with E-state index < -0.39 is 35.6 Å². The number of ether oxygens (including phenoxy) is 5. The van der Waals surface area contributed by atoms with Crippen molar-refractivity contribution in [2.45, 2.75) is 17.4 Å². The van der Waals surface area contributed by atoms with Gasteiger partial charge in [0.15, 0.2) is 6.23 Å². The number of nitrogens with one attached hydrogen (secondary N) is 1. The monoisotopic (exact) mass is 663 g/mol. The second-order valence-electron chi connectivity index (χ2n) is 11.5. The lowest BCUT2D eigenvalue weighted by Crippen LogP contribution is -2.54. The average Bonchev–Trinajstić information content (AvgIpc) is 3.16. The van der Waals surface area contributed by atoms with Crippen LogP contribution in [0.15, 0.2) is 126 Å². The fraction of sp³-hybridized carbons (Fsp3) is 0.237. The van der Waals surface area contributed by atoms with Gasteiger partial charge in [0, 0.05) is 11.8 Å². The molecule has 1 aliphatic heterocycles. The van der Waals surface area contributed by atoms with Crippen molar-refractivity contribution in [1.82, 2.24) is 9.55 Å². The van der Waals surface area contributed by atoms with Crippen LogP contribution in [-0.2, 0) is 19.8 Å². The first kappa shape index (κ1) is 33.6. The van der Waals surface area contributed by atoms with Crippen LogP contribution in [0.2, 0.25) is 0 Å². The van der Waals surface area contributed by atoms with Crippen LogP contribution < -0.4 is 20.5 Å². The molecule has 1 amide bonds. The Labute approximate surface area is 283 Å². The predicted molar refractivity (Wildman–Crippen MR) is 182 cm³/mol. The molecule has 49 heavy (non-hydrogen) atoms. The number of amides is 1. The molecule has 0 spiro atoms. The molecule has 0 aliphatic carbocycles. The molecular weight excluding hydrogens is 626 g/mol. The minimum atomic E-state index is -1.36. The van der Waals surface area contributed by atoms with Crippen LogP contribution in [0, 0.1) is 0 Å². The van der Waals surface area contributed by atoms with Crippen molar-refractivity contribution in [3.05, 3.63) is 154 Å². The van der Waals surface area contributed by atoms with Gasteiger partial charge in [-0.05, 0) is 59.2 Å². The summed E-state index contributed by atoms with van der Waals surface area (Å²) in [7, 11) is 3.22. The molecule has 2 heterocycles. The van der Waals surface area contributed by atoms with Gasteiger partial charge in [-0.3, -0.25) is 9.36 Å². The number of carbonyl (C=O) groups is 1. The number of rotatable bonds is 12. The first-order chi connectivity index (χ1) is 23.9.